The molecule has 1 N–H and O–H groups in total. The number of piperazine rings is 1. The van der Waals surface area contributed by atoms with Gasteiger partial charge < -0.3 is 10.1 Å². The van der Waals surface area contributed by atoms with Crippen LogP contribution in [0.1, 0.15) is 17.2 Å². The van der Waals surface area contributed by atoms with Crippen LogP contribution >= 0.6 is 23.7 Å². The summed E-state index contributed by atoms with van der Waals surface area (Å²) in [5.41, 5.74) is 1.91. The van der Waals surface area contributed by atoms with Crippen LogP contribution < -0.4 is 10.1 Å². The molecule has 1 aliphatic rings. The van der Waals surface area contributed by atoms with Crippen LogP contribution in [0, 0.1) is 0 Å². The van der Waals surface area contributed by atoms with Gasteiger partial charge in [0.1, 0.15) is 5.75 Å². The molecule has 0 aliphatic carbocycles. The van der Waals surface area contributed by atoms with Gasteiger partial charge in [-0.05, 0) is 40.1 Å². The zero-order valence-corrected chi connectivity index (χ0v) is 14.4. The summed E-state index contributed by atoms with van der Waals surface area (Å²) in [5, 5.41) is 7.33. The minimum atomic E-state index is -4.68. The fourth-order valence-electron chi connectivity index (χ4n) is 2.87. The van der Waals surface area contributed by atoms with E-state index in [1.165, 1.54) is 12.1 Å². The molecule has 2 heterocycles. The number of rotatable bonds is 4. The van der Waals surface area contributed by atoms with Gasteiger partial charge in [0.05, 0.1) is 6.04 Å². The van der Waals surface area contributed by atoms with E-state index in [0.717, 1.165) is 37.3 Å². The number of hydrogen-bond acceptors (Lipinski definition) is 4. The number of halogens is 4. The van der Waals surface area contributed by atoms with Gasteiger partial charge in [-0.2, -0.15) is 11.3 Å². The number of nitrogens with zero attached hydrogens (tertiary/aromatic N) is 1. The van der Waals surface area contributed by atoms with Crippen molar-refractivity contribution in [3.8, 4) is 5.75 Å². The van der Waals surface area contributed by atoms with Gasteiger partial charge in [-0.25, -0.2) is 0 Å². The quantitative estimate of drug-likeness (QED) is 0.868. The van der Waals surface area contributed by atoms with Crippen LogP contribution in [0.4, 0.5) is 13.2 Å². The highest BCUT2D eigenvalue weighted by Gasteiger charge is 2.32. The summed E-state index contributed by atoms with van der Waals surface area (Å²) >= 11 is 1.59. The van der Waals surface area contributed by atoms with E-state index in [4.69, 9.17) is 0 Å². The minimum Gasteiger partial charge on any atom is -0.406 e. The Kier molecular flexibility index (Phi) is 6.51. The minimum absolute atomic E-state index is 0. The highest BCUT2D eigenvalue weighted by molar-refractivity contribution is 7.08. The fourth-order valence-corrected chi connectivity index (χ4v) is 3.55. The topological polar surface area (TPSA) is 24.5 Å². The van der Waals surface area contributed by atoms with Crippen LogP contribution in [-0.2, 0) is 0 Å². The largest absolute Gasteiger partial charge is 0.573 e. The first-order chi connectivity index (χ1) is 11.0. The van der Waals surface area contributed by atoms with E-state index in [1.54, 1.807) is 17.4 Å². The van der Waals surface area contributed by atoms with E-state index in [0.29, 0.717) is 0 Å². The van der Waals surface area contributed by atoms with Gasteiger partial charge >= 0.3 is 6.36 Å². The van der Waals surface area contributed by atoms with Crippen LogP contribution in [0.5, 0.6) is 5.75 Å². The molecule has 1 atom stereocenters. The lowest BCUT2D eigenvalue weighted by Gasteiger charge is -2.35. The summed E-state index contributed by atoms with van der Waals surface area (Å²) in [4.78, 5) is 2.28. The predicted molar refractivity (Wildman–Crippen MR) is 91.0 cm³/mol. The lowest BCUT2D eigenvalue weighted by atomic mass is 9.98. The number of alkyl halides is 3. The number of ether oxygens (including phenoxy) is 1. The van der Waals surface area contributed by atoms with Gasteiger partial charge in [-0.15, -0.1) is 25.6 Å². The van der Waals surface area contributed by atoms with Crippen LogP contribution in [0.15, 0.2) is 41.1 Å². The lowest BCUT2D eigenvalue weighted by molar-refractivity contribution is -0.274. The maximum Gasteiger partial charge on any atom is 0.573 e. The Morgan fingerprint density at radius 3 is 2.50 bits per heavy atom. The van der Waals surface area contributed by atoms with Crippen molar-refractivity contribution in [2.24, 2.45) is 0 Å². The van der Waals surface area contributed by atoms with E-state index in [9.17, 15) is 13.2 Å². The van der Waals surface area contributed by atoms with Crippen molar-refractivity contribution in [2.75, 3.05) is 26.2 Å². The van der Waals surface area contributed by atoms with Gasteiger partial charge in [-0.3, -0.25) is 4.90 Å². The summed E-state index contributed by atoms with van der Waals surface area (Å²) in [6, 6.07) is 8.25. The molecule has 0 amide bonds. The third kappa shape index (κ3) is 4.86. The molecule has 3 nitrogen and oxygen atoms in total. The van der Waals surface area contributed by atoms with Crippen molar-refractivity contribution < 1.29 is 17.9 Å². The molecular weight excluding hydrogens is 361 g/mol. The maximum atomic E-state index is 12.5. The van der Waals surface area contributed by atoms with Gasteiger partial charge in [0.2, 0.25) is 0 Å². The first-order valence-electron chi connectivity index (χ1n) is 7.35. The molecule has 1 aromatic carbocycles. The Hall–Kier alpha value is -1.28. The van der Waals surface area contributed by atoms with Gasteiger partial charge in [-0.1, -0.05) is 12.1 Å². The predicted octanol–water partition coefficient (Wildman–Crippen LogP) is 4.06. The Bertz CT molecular complexity index is 631. The van der Waals surface area contributed by atoms with Crippen LogP contribution in [0.25, 0.3) is 0 Å². The van der Waals surface area contributed by atoms with E-state index in [2.05, 4.69) is 15.0 Å². The Labute approximate surface area is 148 Å². The maximum absolute atomic E-state index is 12.5. The van der Waals surface area contributed by atoms with Crippen molar-refractivity contribution in [1.29, 1.82) is 0 Å². The smallest absolute Gasteiger partial charge is 0.406 e. The molecule has 3 rings (SSSR count). The van der Waals surface area contributed by atoms with Crippen LogP contribution in [-0.4, -0.2) is 37.4 Å². The number of thiophene rings is 1. The van der Waals surface area contributed by atoms with E-state index in [-0.39, 0.29) is 24.2 Å². The van der Waals surface area contributed by atoms with Crippen LogP contribution in [0.2, 0.25) is 0 Å². The molecule has 0 spiro atoms. The van der Waals surface area contributed by atoms with Crippen molar-refractivity contribution in [3.05, 3.63) is 52.2 Å². The monoisotopic (exact) mass is 378 g/mol. The molecule has 24 heavy (non-hydrogen) atoms. The third-order valence-corrected chi connectivity index (χ3v) is 4.48. The average Bonchev–Trinajstić information content (AvgIpc) is 3.01. The number of benzene rings is 1. The Morgan fingerprint density at radius 2 is 1.88 bits per heavy atom. The van der Waals surface area contributed by atoms with Gasteiger partial charge in [0.15, 0.2) is 0 Å². The summed E-state index contributed by atoms with van der Waals surface area (Å²) in [7, 11) is 0. The molecule has 1 fully saturated rings. The summed E-state index contributed by atoms with van der Waals surface area (Å²) < 4.78 is 41.5. The molecule has 0 bridgehead atoms. The second-order valence-corrected chi connectivity index (χ2v) is 6.15. The molecule has 0 unspecified atom stereocenters. The summed E-state index contributed by atoms with van der Waals surface area (Å²) in [6.07, 6.45) is -4.68. The standard InChI is InChI=1S/C16H17F3N2OS.ClH/c17-16(18,19)22-14-3-1-2-12(10-14)15(13-4-9-23-11-13)21-7-5-20-6-8-21;/h1-4,9-11,15,20H,5-8H2;1H/t15-;/m1./s1. The van der Waals surface area contributed by atoms with Crippen molar-refractivity contribution in [3.63, 3.8) is 0 Å². The molecule has 0 radical (unpaired) electrons. The van der Waals surface area contributed by atoms with Gasteiger partial charge in [0, 0.05) is 26.2 Å². The molecule has 0 saturated carbocycles. The number of nitrogens with one attached hydrogen (secondary N) is 1. The first kappa shape index (κ1) is 19.1. The Morgan fingerprint density at radius 1 is 1.12 bits per heavy atom. The van der Waals surface area contributed by atoms with E-state index >= 15 is 0 Å². The molecule has 2 aromatic rings. The van der Waals surface area contributed by atoms with E-state index in [1.807, 2.05) is 22.9 Å². The highest BCUT2D eigenvalue weighted by atomic mass is 35.5. The highest BCUT2D eigenvalue weighted by Crippen LogP contribution is 2.33. The van der Waals surface area contributed by atoms with Crippen molar-refractivity contribution >= 4 is 23.7 Å². The lowest BCUT2D eigenvalue weighted by Crippen LogP contribution is -2.45. The second-order valence-electron chi connectivity index (χ2n) is 5.37. The Balaban J connectivity index is 0.00000208. The average molecular weight is 379 g/mol. The zero-order chi connectivity index (χ0) is 16.3. The fraction of sp³-hybridized carbons (Fsp3) is 0.375. The van der Waals surface area contributed by atoms with Gasteiger partial charge in [0.25, 0.3) is 0 Å². The third-order valence-electron chi connectivity index (χ3n) is 3.78. The summed E-state index contributed by atoms with van der Waals surface area (Å²) in [5.74, 6) is -0.176. The van der Waals surface area contributed by atoms with E-state index < -0.39 is 6.36 Å². The van der Waals surface area contributed by atoms with Crippen molar-refractivity contribution in [2.45, 2.75) is 12.4 Å². The molecular formula is C16H18ClF3N2OS. The summed E-state index contributed by atoms with van der Waals surface area (Å²) in [6.45, 7) is 3.45. The number of hydrogen-bond donors (Lipinski definition) is 1. The second kappa shape index (κ2) is 8.20. The molecule has 1 aliphatic heterocycles. The first-order valence-corrected chi connectivity index (χ1v) is 8.30. The SMILES string of the molecule is Cl.FC(F)(F)Oc1cccc([C@H](c2ccsc2)N2CCNCC2)c1. The molecule has 1 aromatic heterocycles. The van der Waals surface area contributed by atoms with Crippen molar-refractivity contribution in [1.82, 2.24) is 10.2 Å². The van der Waals surface area contributed by atoms with Crippen LogP contribution in [0.3, 0.4) is 0 Å². The zero-order valence-electron chi connectivity index (χ0n) is 12.8. The molecule has 132 valence electrons. The molecule has 1 saturated heterocycles. The molecule has 8 heteroatoms. The normalized spacial score (nSPS) is 17.1.